The molecule has 2 aliphatic carbocycles. The number of aliphatic hydroxyl groups is 2. The Kier molecular flexibility index (Phi) is 9.58. The lowest BCUT2D eigenvalue weighted by atomic mass is 9.65. The number of piperidine rings is 1. The maximum absolute atomic E-state index is 17.1. The van der Waals surface area contributed by atoms with Gasteiger partial charge in [-0.05, 0) is 76.0 Å². The predicted octanol–water partition coefficient (Wildman–Crippen LogP) is 5.14. The topological polar surface area (TPSA) is 163 Å². The summed E-state index contributed by atoms with van der Waals surface area (Å²) in [6, 6.07) is 2.35. The van der Waals surface area contributed by atoms with Crippen LogP contribution in [0.25, 0.3) is 22.2 Å². The zero-order valence-corrected chi connectivity index (χ0v) is 30.7. The molecule has 2 saturated carbocycles. The summed E-state index contributed by atoms with van der Waals surface area (Å²) in [5.74, 6) is -0.384. The van der Waals surface area contributed by atoms with Gasteiger partial charge in [0.2, 0.25) is 5.88 Å². The molecule has 3 atom stereocenters. The molecule has 14 heteroatoms. The van der Waals surface area contributed by atoms with Crippen LogP contribution in [0, 0.1) is 29.0 Å². The van der Waals surface area contributed by atoms with E-state index in [1.807, 2.05) is 4.90 Å². The number of pyridine rings is 1. The molecule has 1 aromatic carbocycles. The van der Waals surface area contributed by atoms with Crippen molar-refractivity contribution in [1.29, 1.82) is 5.41 Å². The van der Waals surface area contributed by atoms with Crippen molar-refractivity contribution in [3.63, 3.8) is 0 Å². The number of hydrogen-bond donors (Lipinski definition) is 4. The molecular formula is C37H49ClFN7O5. The summed E-state index contributed by atoms with van der Waals surface area (Å²) < 4.78 is 35.2. The molecule has 4 heterocycles. The van der Waals surface area contributed by atoms with E-state index in [2.05, 4.69) is 16.8 Å². The van der Waals surface area contributed by atoms with E-state index in [9.17, 15) is 10.2 Å². The van der Waals surface area contributed by atoms with Crippen LogP contribution in [-0.2, 0) is 4.74 Å². The van der Waals surface area contributed by atoms with Crippen molar-refractivity contribution in [2.24, 2.45) is 10.8 Å². The maximum atomic E-state index is 17.1. The fraction of sp³-hybridized carbons (Fsp3) is 0.622. The highest BCUT2D eigenvalue weighted by Crippen LogP contribution is 2.53. The monoisotopic (exact) mass is 725 g/mol. The van der Waals surface area contributed by atoms with Gasteiger partial charge in [0, 0.05) is 58.7 Å². The third kappa shape index (κ3) is 6.39. The van der Waals surface area contributed by atoms with Crippen molar-refractivity contribution >= 4 is 40.2 Å². The number of nitrogens with one attached hydrogen (secondary N) is 1. The van der Waals surface area contributed by atoms with E-state index in [0.717, 1.165) is 57.7 Å². The number of anilines is 2. The minimum atomic E-state index is -1.21. The third-order valence-electron chi connectivity index (χ3n) is 11.8. The Morgan fingerprint density at radius 3 is 2.69 bits per heavy atom. The molecule has 0 spiro atoms. The van der Waals surface area contributed by atoms with E-state index >= 15 is 4.39 Å². The van der Waals surface area contributed by atoms with Crippen molar-refractivity contribution in [2.75, 3.05) is 63.8 Å². The molecule has 3 unspecified atom stereocenters. The molecule has 7 rings (SSSR count). The second-order valence-corrected chi connectivity index (χ2v) is 16.2. The van der Waals surface area contributed by atoms with Crippen LogP contribution in [-0.4, -0.2) is 107 Å². The van der Waals surface area contributed by atoms with Crippen molar-refractivity contribution in [3.05, 3.63) is 28.0 Å². The Bertz CT molecular complexity index is 1840. The number of halogens is 2. The van der Waals surface area contributed by atoms with E-state index < -0.39 is 11.4 Å². The van der Waals surface area contributed by atoms with E-state index in [4.69, 9.17) is 46.9 Å². The molecule has 2 saturated heterocycles. The molecule has 4 aliphatic rings. The van der Waals surface area contributed by atoms with Crippen LogP contribution in [0.4, 0.5) is 15.9 Å². The molecular weight excluding hydrogens is 677 g/mol. The zero-order valence-electron chi connectivity index (χ0n) is 29.9. The van der Waals surface area contributed by atoms with Crippen LogP contribution >= 0.6 is 11.6 Å². The Morgan fingerprint density at radius 1 is 1.20 bits per heavy atom. The largest absolute Gasteiger partial charge is 0.480 e. The number of nitrogens with two attached hydrogens (primary N) is 1. The number of aromatic nitrogens is 3. The summed E-state index contributed by atoms with van der Waals surface area (Å²) in [7, 11) is 1.44. The van der Waals surface area contributed by atoms with Crippen molar-refractivity contribution in [3.8, 4) is 23.1 Å². The number of rotatable bonds is 9. The number of benzene rings is 1. The molecule has 0 radical (unpaired) electrons. The van der Waals surface area contributed by atoms with Gasteiger partial charge < -0.3 is 40.5 Å². The lowest BCUT2D eigenvalue weighted by molar-refractivity contribution is -0.0884. The van der Waals surface area contributed by atoms with Crippen molar-refractivity contribution in [1.82, 2.24) is 19.9 Å². The second-order valence-electron chi connectivity index (χ2n) is 15.7. The number of hydrogen-bond acceptors (Lipinski definition) is 12. The van der Waals surface area contributed by atoms with Crippen LogP contribution in [0.5, 0.6) is 11.9 Å². The highest BCUT2D eigenvalue weighted by Gasteiger charge is 2.53. The number of nitrogen functional groups attached to an aromatic ring is 1. The first-order valence-electron chi connectivity index (χ1n) is 17.9. The number of nitrogens with zero attached hydrogens (tertiary/aromatic N) is 5. The Balaban J connectivity index is 1.33. The number of ether oxygens (including phenoxy) is 3. The number of fused-ring (bicyclic) bond motifs is 2. The summed E-state index contributed by atoms with van der Waals surface area (Å²) in [4.78, 5) is 18.7. The molecule has 0 bridgehead atoms. The third-order valence-corrected chi connectivity index (χ3v) is 12.2. The van der Waals surface area contributed by atoms with Crippen LogP contribution in [0.3, 0.4) is 0 Å². The fourth-order valence-electron chi connectivity index (χ4n) is 9.17. The zero-order chi connectivity index (χ0) is 36.3. The lowest BCUT2D eigenvalue weighted by Gasteiger charge is -2.56. The van der Waals surface area contributed by atoms with Gasteiger partial charge in [0.05, 0.1) is 33.5 Å². The van der Waals surface area contributed by atoms with Crippen LogP contribution in [0.2, 0.25) is 5.02 Å². The van der Waals surface area contributed by atoms with Gasteiger partial charge in [-0.2, -0.15) is 9.97 Å². The first-order valence-corrected chi connectivity index (χ1v) is 18.3. The van der Waals surface area contributed by atoms with Crippen molar-refractivity contribution in [2.45, 2.75) is 83.4 Å². The number of β-amino-alcohol motifs (C(OH)–C–C–N with tert-alkyl or cyclic N) is 1. The lowest BCUT2D eigenvalue weighted by Crippen LogP contribution is -2.60. The van der Waals surface area contributed by atoms with Crippen LogP contribution in [0.1, 0.15) is 69.9 Å². The van der Waals surface area contributed by atoms with Gasteiger partial charge in [0.25, 0.3) is 0 Å². The van der Waals surface area contributed by atoms with Gasteiger partial charge in [-0.15, -0.1) is 0 Å². The normalized spacial score (nSPS) is 29.8. The second kappa shape index (κ2) is 13.6. The van der Waals surface area contributed by atoms with Gasteiger partial charge in [0.1, 0.15) is 28.0 Å². The molecule has 51 heavy (non-hydrogen) atoms. The average molecular weight is 726 g/mol. The average Bonchev–Trinajstić information content (AvgIpc) is 3.44. The van der Waals surface area contributed by atoms with E-state index in [1.54, 1.807) is 13.8 Å². The number of methoxy groups -OCH3 is 1. The van der Waals surface area contributed by atoms with E-state index in [1.165, 1.54) is 13.2 Å². The standard InChI is InChI=1S/C37H49ClFN7O5/c1-21-24(38)13-25(41)23(16-40)27(21)30-29(39)31-28(33(42-30)49-4)32(45-11-12-50-19-36(3,48)17-45)44-34(43-31)51-20-37-8-5-7-26(37)46(10-6-9-37)22-14-35(2,15-22)18-47/h13,16,22,26,40,47-48H,5-12,14-15,17-20,41H2,1-4H3. The summed E-state index contributed by atoms with van der Waals surface area (Å²) in [6.45, 7) is 8.16. The molecule has 12 nitrogen and oxygen atoms in total. The highest BCUT2D eigenvalue weighted by molar-refractivity contribution is 6.32. The van der Waals surface area contributed by atoms with Gasteiger partial charge >= 0.3 is 6.01 Å². The smallest absolute Gasteiger partial charge is 0.319 e. The number of aliphatic hydroxyl groups excluding tert-OH is 1. The van der Waals surface area contributed by atoms with Crippen LogP contribution < -0.4 is 20.1 Å². The maximum Gasteiger partial charge on any atom is 0.319 e. The van der Waals surface area contributed by atoms with Crippen molar-refractivity contribution < 1.29 is 28.8 Å². The molecule has 0 amide bonds. The molecule has 276 valence electrons. The Morgan fingerprint density at radius 2 is 1.96 bits per heavy atom. The highest BCUT2D eigenvalue weighted by atomic mass is 35.5. The number of likely N-dealkylation sites (tertiary alicyclic amines) is 1. The minimum Gasteiger partial charge on any atom is -0.480 e. The SMILES string of the molecule is COc1nc(-c2c(C)c(Cl)cc(N)c2C=N)c(F)c2nc(OCC34CCCC3N(C3CC(C)(CO)C3)CCC4)nc(N3CCOCC(C)(O)C3)c12. The Labute approximate surface area is 303 Å². The van der Waals surface area contributed by atoms with Gasteiger partial charge in [-0.3, -0.25) is 4.90 Å². The van der Waals surface area contributed by atoms with Gasteiger partial charge in [-0.1, -0.05) is 24.9 Å². The molecule has 2 aromatic heterocycles. The fourth-order valence-corrected chi connectivity index (χ4v) is 9.38. The Hall–Kier alpha value is -3.36. The summed E-state index contributed by atoms with van der Waals surface area (Å²) in [6.07, 6.45) is 8.31. The molecule has 3 aromatic rings. The van der Waals surface area contributed by atoms with Gasteiger partial charge in [-0.25, -0.2) is 9.37 Å². The minimum absolute atomic E-state index is 0.00806. The quantitative estimate of drug-likeness (QED) is 0.171. The van der Waals surface area contributed by atoms with Gasteiger partial charge in [0.15, 0.2) is 5.82 Å². The summed E-state index contributed by atoms with van der Waals surface area (Å²) >= 11 is 6.52. The predicted molar refractivity (Wildman–Crippen MR) is 195 cm³/mol. The summed E-state index contributed by atoms with van der Waals surface area (Å²) in [5, 5.41) is 29.7. The first kappa shape index (κ1) is 36.0. The molecule has 4 fully saturated rings. The van der Waals surface area contributed by atoms with E-state index in [-0.39, 0.29) is 75.9 Å². The van der Waals surface area contributed by atoms with Crippen LogP contribution in [0.15, 0.2) is 6.07 Å². The molecule has 2 aliphatic heterocycles. The molecule has 5 N–H and O–H groups in total. The van der Waals surface area contributed by atoms with E-state index in [0.29, 0.717) is 48.2 Å². The first-order chi connectivity index (χ1) is 24.3. The summed E-state index contributed by atoms with van der Waals surface area (Å²) in [5.41, 5.74) is 6.01.